The third-order valence-electron chi connectivity index (χ3n) is 6.41. The molecule has 3 aromatic rings. The van der Waals surface area contributed by atoms with Crippen molar-refractivity contribution in [3.05, 3.63) is 89.2 Å². The summed E-state index contributed by atoms with van der Waals surface area (Å²) in [7, 11) is -4.29. The molecule has 41 heavy (non-hydrogen) atoms. The molecule has 0 unspecified atom stereocenters. The molecule has 0 radical (unpaired) electrons. The summed E-state index contributed by atoms with van der Waals surface area (Å²) in [6, 6.07) is 16.6. The maximum Gasteiger partial charge on any atom is 0.264 e. The number of rotatable bonds is 14. The molecule has 220 valence electrons. The molecule has 0 saturated carbocycles. The molecule has 1 atom stereocenters. The largest absolute Gasteiger partial charge is 0.494 e. The summed E-state index contributed by atoms with van der Waals surface area (Å²) < 4.78 is 47.8. The second kappa shape index (κ2) is 14.8. The molecule has 0 aliphatic heterocycles. The molecule has 8 nitrogen and oxygen atoms in total. The number of nitrogens with zero attached hydrogens (tertiary/aromatic N) is 2. The van der Waals surface area contributed by atoms with E-state index in [9.17, 15) is 22.4 Å². The van der Waals surface area contributed by atoms with Gasteiger partial charge in [0.15, 0.2) is 0 Å². The van der Waals surface area contributed by atoms with Gasteiger partial charge in [0.1, 0.15) is 24.2 Å². The van der Waals surface area contributed by atoms with E-state index in [0.717, 1.165) is 29.3 Å². The second-order valence-electron chi connectivity index (χ2n) is 9.33. The molecule has 3 aromatic carbocycles. The van der Waals surface area contributed by atoms with Gasteiger partial charge in [-0.25, -0.2) is 12.8 Å². The molecule has 0 heterocycles. The van der Waals surface area contributed by atoms with Crippen molar-refractivity contribution in [3.63, 3.8) is 0 Å². The summed E-state index contributed by atoms with van der Waals surface area (Å²) in [5.41, 5.74) is 0.685. The van der Waals surface area contributed by atoms with Gasteiger partial charge in [0.2, 0.25) is 11.8 Å². The number of ether oxygens (including phenoxy) is 1. The molecule has 0 aliphatic rings. The second-order valence-corrected chi connectivity index (χ2v) is 11.6. The summed E-state index contributed by atoms with van der Waals surface area (Å²) >= 11 is 6.37. The van der Waals surface area contributed by atoms with Crippen molar-refractivity contribution in [3.8, 4) is 5.75 Å². The number of hydrogen-bond donors (Lipinski definition) is 1. The van der Waals surface area contributed by atoms with Gasteiger partial charge < -0.3 is 15.0 Å². The molecule has 3 rings (SSSR count). The van der Waals surface area contributed by atoms with Gasteiger partial charge in [-0.1, -0.05) is 43.1 Å². The van der Waals surface area contributed by atoms with E-state index in [0.29, 0.717) is 29.5 Å². The van der Waals surface area contributed by atoms with E-state index < -0.39 is 34.3 Å². The quantitative estimate of drug-likeness (QED) is 0.249. The van der Waals surface area contributed by atoms with Crippen molar-refractivity contribution in [1.82, 2.24) is 10.2 Å². The van der Waals surface area contributed by atoms with Gasteiger partial charge in [-0.3, -0.25) is 13.9 Å². The summed E-state index contributed by atoms with van der Waals surface area (Å²) in [5.74, 6) is -1.08. The van der Waals surface area contributed by atoms with Crippen LogP contribution in [0.1, 0.15) is 39.2 Å². The summed E-state index contributed by atoms with van der Waals surface area (Å²) in [4.78, 5) is 28.1. The predicted octanol–water partition coefficient (Wildman–Crippen LogP) is 5.41. The Bertz CT molecular complexity index is 1420. The van der Waals surface area contributed by atoms with Crippen LogP contribution in [0.2, 0.25) is 5.02 Å². The first-order valence-electron chi connectivity index (χ1n) is 13.4. The van der Waals surface area contributed by atoms with E-state index in [-0.39, 0.29) is 23.0 Å². The van der Waals surface area contributed by atoms with Crippen LogP contribution in [0.3, 0.4) is 0 Å². The standard InChI is InChI=1S/C30H35ClFN3O5S/c1-4-6-19-33-30(37)22(3)34(20-23-9-7-8-10-28(23)31)29(36)21-35(25-13-11-24(32)12-14-25)41(38,39)27-17-15-26(16-18-27)40-5-2/h7-18,22H,4-6,19-21H2,1-3H3,(H,33,37)/t22-/m0/s1. The van der Waals surface area contributed by atoms with Crippen LogP contribution in [0, 0.1) is 5.82 Å². The first kappa shape index (κ1) is 31.9. The van der Waals surface area contributed by atoms with Crippen molar-refractivity contribution >= 4 is 39.1 Å². The molecular formula is C30H35ClFN3O5S. The lowest BCUT2D eigenvalue weighted by Crippen LogP contribution is -2.51. The Morgan fingerprint density at radius 1 is 1.00 bits per heavy atom. The Balaban J connectivity index is 2.00. The van der Waals surface area contributed by atoms with Crippen LogP contribution < -0.4 is 14.4 Å². The molecule has 11 heteroatoms. The highest BCUT2D eigenvalue weighted by molar-refractivity contribution is 7.92. The van der Waals surface area contributed by atoms with E-state index in [1.807, 2.05) is 13.8 Å². The Morgan fingerprint density at radius 3 is 2.27 bits per heavy atom. The normalized spacial score (nSPS) is 11.9. The fraction of sp³-hybridized carbons (Fsp3) is 0.333. The fourth-order valence-corrected chi connectivity index (χ4v) is 5.68. The summed E-state index contributed by atoms with van der Waals surface area (Å²) in [5, 5.41) is 3.23. The van der Waals surface area contributed by atoms with Gasteiger partial charge in [0.05, 0.1) is 17.2 Å². The molecule has 1 N–H and O–H groups in total. The van der Waals surface area contributed by atoms with Crippen LogP contribution in [-0.2, 0) is 26.2 Å². The lowest BCUT2D eigenvalue weighted by atomic mass is 10.1. The lowest BCUT2D eigenvalue weighted by Gasteiger charge is -2.32. The third kappa shape index (κ3) is 8.43. The van der Waals surface area contributed by atoms with Crippen LogP contribution in [0.5, 0.6) is 5.75 Å². The number of carbonyl (C=O) groups is 2. The minimum Gasteiger partial charge on any atom is -0.494 e. The SMILES string of the molecule is CCCCNC(=O)[C@H](C)N(Cc1ccccc1Cl)C(=O)CN(c1ccc(F)cc1)S(=O)(=O)c1ccc(OCC)cc1. The molecule has 0 saturated heterocycles. The number of halogens is 2. The Hall–Kier alpha value is -3.63. The average Bonchev–Trinajstić information content (AvgIpc) is 2.96. The minimum absolute atomic E-state index is 0.0266. The van der Waals surface area contributed by atoms with E-state index in [1.165, 1.54) is 41.3 Å². The Morgan fingerprint density at radius 2 is 1.66 bits per heavy atom. The van der Waals surface area contributed by atoms with Crippen molar-refractivity contribution in [2.45, 2.75) is 51.1 Å². The maximum atomic E-state index is 13.9. The predicted molar refractivity (Wildman–Crippen MR) is 158 cm³/mol. The number of nitrogens with one attached hydrogen (secondary N) is 1. The highest BCUT2D eigenvalue weighted by atomic mass is 35.5. The topological polar surface area (TPSA) is 96.0 Å². The molecular weight excluding hydrogens is 569 g/mol. The van der Waals surface area contributed by atoms with Gasteiger partial charge in [0, 0.05) is 18.1 Å². The van der Waals surface area contributed by atoms with Crippen LogP contribution in [0.4, 0.5) is 10.1 Å². The van der Waals surface area contributed by atoms with Gasteiger partial charge >= 0.3 is 0 Å². The van der Waals surface area contributed by atoms with Gasteiger partial charge in [-0.15, -0.1) is 0 Å². The monoisotopic (exact) mass is 603 g/mol. The molecule has 2 amide bonds. The zero-order valence-corrected chi connectivity index (χ0v) is 24.9. The minimum atomic E-state index is -4.29. The number of anilines is 1. The van der Waals surface area contributed by atoms with Gasteiger partial charge in [0.25, 0.3) is 10.0 Å². The van der Waals surface area contributed by atoms with Crippen molar-refractivity contribution in [2.24, 2.45) is 0 Å². The summed E-state index contributed by atoms with van der Waals surface area (Å²) in [6.45, 7) is 5.58. The number of sulfonamides is 1. The van der Waals surface area contributed by atoms with Crippen LogP contribution >= 0.6 is 11.6 Å². The third-order valence-corrected chi connectivity index (χ3v) is 8.57. The summed E-state index contributed by atoms with van der Waals surface area (Å²) in [6.07, 6.45) is 1.66. The van der Waals surface area contributed by atoms with Crippen molar-refractivity contribution < 1.29 is 27.1 Å². The molecule has 0 bridgehead atoms. The molecule has 0 fully saturated rings. The maximum absolute atomic E-state index is 13.9. The lowest BCUT2D eigenvalue weighted by molar-refractivity contribution is -0.139. The Labute approximate surface area is 246 Å². The first-order chi connectivity index (χ1) is 19.6. The highest BCUT2D eigenvalue weighted by Crippen LogP contribution is 2.27. The van der Waals surface area contributed by atoms with E-state index >= 15 is 0 Å². The van der Waals surface area contributed by atoms with E-state index in [4.69, 9.17) is 16.3 Å². The number of unbranched alkanes of at least 4 members (excludes halogenated alkanes) is 1. The van der Waals surface area contributed by atoms with Crippen LogP contribution in [0.25, 0.3) is 0 Å². The van der Waals surface area contributed by atoms with Crippen molar-refractivity contribution in [2.75, 3.05) is 24.0 Å². The first-order valence-corrected chi connectivity index (χ1v) is 15.2. The van der Waals surface area contributed by atoms with Crippen LogP contribution in [-0.4, -0.2) is 50.9 Å². The molecule has 0 aromatic heterocycles. The van der Waals surface area contributed by atoms with E-state index in [1.54, 1.807) is 31.2 Å². The van der Waals surface area contributed by atoms with Gasteiger partial charge in [-0.2, -0.15) is 0 Å². The number of hydrogen-bond acceptors (Lipinski definition) is 5. The average molecular weight is 604 g/mol. The number of carbonyl (C=O) groups excluding carboxylic acids is 2. The Kier molecular flexibility index (Phi) is 11.5. The highest BCUT2D eigenvalue weighted by Gasteiger charge is 2.32. The molecule has 0 spiro atoms. The number of amides is 2. The van der Waals surface area contributed by atoms with Crippen molar-refractivity contribution in [1.29, 1.82) is 0 Å². The number of benzene rings is 3. The van der Waals surface area contributed by atoms with E-state index in [2.05, 4.69) is 5.32 Å². The van der Waals surface area contributed by atoms with Gasteiger partial charge in [-0.05, 0) is 80.4 Å². The fourth-order valence-electron chi connectivity index (χ4n) is 4.07. The van der Waals surface area contributed by atoms with Crippen LogP contribution in [0.15, 0.2) is 77.7 Å². The smallest absolute Gasteiger partial charge is 0.264 e. The molecule has 0 aliphatic carbocycles. The zero-order valence-electron chi connectivity index (χ0n) is 23.3. The zero-order chi connectivity index (χ0) is 30.0.